The molecule has 1 aliphatic carbocycles. The van der Waals surface area contributed by atoms with Gasteiger partial charge in [0.25, 0.3) is 6.71 Å². The van der Waals surface area contributed by atoms with Gasteiger partial charge in [0.1, 0.15) is 31.4 Å². The van der Waals surface area contributed by atoms with Gasteiger partial charge in [-0.1, -0.05) is 146 Å². The molecule has 11 rings (SSSR count). The molecular formula is C61H60B6N3. The van der Waals surface area contributed by atoms with Crippen LogP contribution < -0.4 is 63.9 Å². The topological polar surface area (TPSA) is 9.72 Å². The van der Waals surface area contributed by atoms with Crippen molar-refractivity contribution in [3.05, 3.63) is 142 Å². The highest BCUT2D eigenvalue weighted by molar-refractivity contribution is 7.00. The molecule has 0 unspecified atom stereocenters. The fourth-order valence-electron chi connectivity index (χ4n) is 12.3. The minimum atomic E-state index is -0.187. The summed E-state index contributed by atoms with van der Waals surface area (Å²) in [6.45, 7) is 30.2. The molecule has 0 spiro atoms. The molecule has 0 saturated heterocycles. The molecule has 9 radical (unpaired) electrons. The first-order chi connectivity index (χ1) is 32.9. The summed E-state index contributed by atoms with van der Waals surface area (Å²) in [7, 11) is 30.2. The zero-order chi connectivity index (χ0) is 49.9. The van der Waals surface area contributed by atoms with Crippen LogP contribution >= 0.6 is 0 Å². The van der Waals surface area contributed by atoms with Crippen molar-refractivity contribution in [1.29, 1.82) is 0 Å². The van der Waals surface area contributed by atoms with Gasteiger partial charge in [-0.3, -0.25) is 0 Å². The third kappa shape index (κ3) is 6.90. The van der Waals surface area contributed by atoms with Crippen LogP contribution in [0.15, 0.2) is 103 Å². The molecule has 3 nitrogen and oxygen atoms in total. The normalized spacial score (nSPS) is 16.1. The van der Waals surface area contributed by atoms with Crippen LogP contribution in [0.2, 0.25) is 0 Å². The standard InChI is InChI=1S/C61H60B6N3/c1-33-16-14-17-34(2)55(33)69-46-32-41-40(60(10,11)26-27-61(41,12)13)31-44(46)67-43-25-24-39-30-45(43)70(48-29-37(59(7,8)9)28-47(69)54(48)67)56-35(3)18-15-19-42(56)66-53-51(64)49(62)50(63)52(65)57(53)68(39)38-22-20-36(21-23-38)58(4,5)6/h14-25,28-32H,26-27H2,1-13H3. The highest BCUT2D eigenvalue weighted by Gasteiger charge is 2.48. The van der Waals surface area contributed by atoms with Crippen LogP contribution in [-0.4, -0.2) is 45.4 Å². The second-order valence-corrected chi connectivity index (χ2v) is 24.2. The van der Waals surface area contributed by atoms with Crippen molar-refractivity contribution in [2.75, 3.05) is 14.7 Å². The molecule has 337 valence electrons. The van der Waals surface area contributed by atoms with Crippen molar-refractivity contribution in [1.82, 2.24) is 0 Å². The van der Waals surface area contributed by atoms with Crippen molar-refractivity contribution in [2.45, 2.75) is 125 Å². The van der Waals surface area contributed by atoms with E-state index in [0.29, 0.717) is 22.1 Å². The molecule has 70 heavy (non-hydrogen) atoms. The van der Waals surface area contributed by atoms with Gasteiger partial charge in [0.05, 0.1) is 5.69 Å². The van der Waals surface area contributed by atoms with Crippen LogP contribution in [0.5, 0.6) is 0 Å². The third-order valence-electron chi connectivity index (χ3n) is 16.5. The van der Waals surface area contributed by atoms with Gasteiger partial charge in [-0.25, -0.2) is 0 Å². The maximum Gasteiger partial charge on any atom is 0.252 e. The van der Waals surface area contributed by atoms with E-state index in [0.717, 1.165) is 46.6 Å². The fraction of sp³-hybridized carbons (Fsp3) is 0.311. The van der Waals surface area contributed by atoms with Crippen molar-refractivity contribution in [2.24, 2.45) is 0 Å². The Kier molecular flexibility index (Phi) is 10.4. The Labute approximate surface area is 424 Å². The lowest BCUT2D eigenvalue weighted by atomic mass is 9.33. The lowest BCUT2D eigenvalue weighted by Gasteiger charge is -2.49. The van der Waals surface area contributed by atoms with Gasteiger partial charge in [0, 0.05) is 45.5 Å². The van der Waals surface area contributed by atoms with Gasteiger partial charge in [-0.2, -0.15) is 0 Å². The summed E-state index contributed by atoms with van der Waals surface area (Å²) < 4.78 is 0. The molecule has 0 aromatic heterocycles. The Morgan fingerprint density at radius 1 is 0.486 bits per heavy atom. The number of rotatable bonds is 2. The molecule has 0 atom stereocenters. The molecule has 4 aliphatic rings. The van der Waals surface area contributed by atoms with E-state index < -0.39 is 0 Å². The SMILES string of the molecule is [B]c1c([B])c([B])c2c(c1[B])[B]c1cccc(C)c1N1c3cc(ccc3B3c4cc5c(cc4N(c4c(C)cccc4C)c4cc(C(C)(C)C)cc1c43)C(C)(C)CCC5(C)C)N2c1ccc(C(C)(C)C)cc1. The highest BCUT2D eigenvalue weighted by Crippen LogP contribution is 2.52. The summed E-state index contributed by atoms with van der Waals surface area (Å²) in [5.41, 5.74) is 25.4. The lowest BCUT2D eigenvalue weighted by Crippen LogP contribution is -2.62. The third-order valence-corrected chi connectivity index (χ3v) is 16.5. The average Bonchev–Trinajstić information content (AvgIpc) is 3.30. The Morgan fingerprint density at radius 2 is 1.00 bits per heavy atom. The lowest BCUT2D eigenvalue weighted by molar-refractivity contribution is 0.332. The number of hydrogen-bond donors (Lipinski definition) is 0. The van der Waals surface area contributed by atoms with Crippen molar-refractivity contribution in [3.63, 3.8) is 0 Å². The van der Waals surface area contributed by atoms with Gasteiger partial charge >= 0.3 is 0 Å². The molecular weight excluding hydrogens is 840 g/mol. The Balaban J connectivity index is 1.31. The summed E-state index contributed by atoms with van der Waals surface area (Å²) in [5.74, 6) is 0. The molecule has 0 amide bonds. The van der Waals surface area contributed by atoms with Crippen molar-refractivity contribution < 1.29 is 0 Å². The summed E-state index contributed by atoms with van der Waals surface area (Å²) >= 11 is 0. The second kappa shape index (κ2) is 15.7. The molecule has 7 aromatic carbocycles. The molecule has 9 heteroatoms. The Morgan fingerprint density at radius 3 is 1.60 bits per heavy atom. The van der Waals surface area contributed by atoms with E-state index in [-0.39, 0.29) is 39.3 Å². The number of para-hydroxylation sites is 2. The van der Waals surface area contributed by atoms with E-state index in [4.69, 9.17) is 31.4 Å². The zero-order valence-electron chi connectivity index (χ0n) is 43.5. The van der Waals surface area contributed by atoms with Gasteiger partial charge < -0.3 is 14.7 Å². The molecule has 3 aliphatic heterocycles. The molecule has 0 fully saturated rings. The first kappa shape index (κ1) is 46.7. The molecule has 2 bridgehead atoms. The zero-order valence-corrected chi connectivity index (χ0v) is 43.5. The molecule has 7 aromatic rings. The molecule has 0 N–H and O–H groups in total. The van der Waals surface area contributed by atoms with Crippen LogP contribution in [0.3, 0.4) is 0 Å². The first-order valence-electron chi connectivity index (χ1n) is 25.2. The smallest absolute Gasteiger partial charge is 0.252 e. The predicted molar refractivity (Wildman–Crippen MR) is 309 cm³/mol. The molecule has 3 heterocycles. The predicted octanol–water partition coefficient (Wildman–Crippen LogP) is 8.25. The summed E-state index contributed by atoms with van der Waals surface area (Å²) in [5, 5.41) is 0. The largest absolute Gasteiger partial charge is 0.312 e. The maximum absolute atomic E-state index is 7.24. The van der Waals surface area contributed by atoms with Gasteiger partial charge in [-0.15, -0.1) is 16.4 Å². The van der Waals surface area contributed by atoms with Crippen molar-refractivity contribution in [3.8, 4) is 0 Å². The summed E-state index contributed by atoms with van der Waals surface area (Å²) in [6.07, 6.45) is 2.27. The van der Waals surface area contributed by atoms with E-state index in [2.05, 4.69) is 215 Å². The first-order valence-corrected chi connectivity index (χ1v) is 25.2. The number of fused-ring (bicyclic) bond motifs is 9. The minimum Gasteiger partial charge on any atom is -0.312 e. The Hall–Kier alpha value is -5.67. The molecule has 0 saturated carbocycles. The van der Waals surface area contributed by atoms with E-state index in [1.807, 2.05) is 0 Å². The van der Waals surface area contributed by atoms with Crippen LogP contribution in [0.25, 0.3) is 0 Å². The van der Waals surface area contributed by atoms with Crippen LogP contribution in [0, 0.1) is 20.8 Å². The van der Waals surface area contributed by atoms with E-state index >= 15 is 0 Å². The number of aryl methyl sites for hydroxylation is 3. The van der Waals surface area contributed by atoms with Gasteiger partial charge in [0.15, 0.2) is 7.28 Å². The van der Waals surface area contributed by atoms with Gasteiger partial charge in [-0.05, 0) is 153 Å². The summed E-state index contributed by atoms with van der Waals surface area (Å²) in [6, 6.07) is 39.4. The van der Waals surface area contributed by atoms with Crippen LogP contribution in [0.4, 0.5) is 51.2 Å². The quantitative estimate of drug-likeness (QED) is 0.162. The summed E-state index contributed by atoms with van der Waals surface area (Å²) in [4.78, 5) is 7.45. The number of hydrogen-bond acceptors (Lipinski definition) is 3. The minimum absolute atomic E-state index is 0.00220. The van der Waals surface area contributed by atoms with Crippen LogP contribution in [-0.2, 0) is 21.7 Å². The van der Waals surface area contributed by atoms with Crippen molar-refractivity contribution >= 4 is 146 Å². The van der Waals surface area contributed by atoms with Crippen LogP contribution in [0.1, 0.15) is 121 Å². The van der Waals surface area contributed by atoms with Gasteiger partial charge in [0.2, 0.25) is 0 Å². The second-order valence-electron chi connectivity index (χ2n) is 24.2. The Bertz CT molecular complexity index is 3350. The fourth-order valence-corrected chi connectivity index (χ4v) is 12.3. The number of benzene rings is 7. The van der Waals surface area contributed by atoms with E-state index in [1.54, 1.807) is 0 Å². The number of anilines is 9. The van der Waals surface area contributed by atoms with E-state index in [9.17, 15) is 0 Å². The average molecular weight is 900 g/mol. The number of nitrogens with zero attached hydrogens (tertiary/aromatic N) is 3. The van der Waals surface area contributed by atoms with E-state index in [1.165, 1.54) is 72.5 Å². The highest BCUT2D eigenvalue weighted by atomic mass is 15.2. The maximum atomic E-state index is 7.24. The monoisotopic (exact) mass is 901 g/mol.